The van der Waals surface area contributed by atoms with E-state index in [0.717, 1.165) is 17.0 Å². The highest BCUT2D eigenvalue weighted by Crippen LogP contribution is 2.22. The van der Waals surface area contributed by atoms with E-state index in [1.165, 1.54) is 14.2 Å². The van der Waals surface area contributed by atoms with Crippen molar-refractivity contribution in [1.82, 2.24) is 10.6 Å². The van der Waals surface area contributed by atoms with Gasteiger partial charge in [0.05, 0.1) is 33.9 Å². The second kappa shape index (κ2) is 11.2. The van der Waals surface area contributed by atoms with Gasteiger partial charge in [0.2, 0.25) is 5.96 Å². The van der Waals surface area contributed by atoms with Gasteiger partial charge in [-0.05, 0) is 29.8 Å². The average Bonchev–Trinajstić information content (AvgIpc) is 2.76. The summed E-state index contributed by atoms with van der Waals surface area (Å²) in [6.07, 6.45) is -1.53. The number of para-hydroxylation sites is 1. The summed E-state index contributed by atoms with van der Waals surface area (Å²) in [5.74, 6) is 0.646. The van der Waals surface area contributed by atoms with Crippen molar-refractivity contribution in [3.8, 4) is 5.75 Å². The van der Waals surface area contributed by atoms with Gasteiger partial charge in [-0.2, -0.15) is 0 Å². The molecule has 0 fully saturated rings. The Bertz CT molecular complexity index is 805. The molecule has 0 spiro atoms. The Morgan fingerprint density at radius 1 is 0.897 bits per heavy atom. The van der Waals surface area contributed by atoms with Crippen LogP contribution >= 0.6 is 0 Å². The number of carbonyl (C=O) groups excluding carboxylic acids is 2. The van der Waals surface area contributed by atoms with Crippen LogP contribution in [-0.2, 0) is 9.47 Å². The van der Waals surface area contributed by atoms with Crippen LogP contribution < -0.4 is 20.7 Å². The van der Waals surface area contributed by atoms with Crippen molar-refractivity contribution in [1.29, 1.82) is 0 Å². The number of ether oxygens (including phenoxy) is 3. The number of rotatable bonds is 6. The third-order valence-electron chi connectivity index (χ3n) is 3.88. The van der Waals surface area contributed by atoms with Gasteiger partial charge in [0.15, 0.2) is 0 Å². The molecule has 0 aliphatic carbocycles. The SMILES string of the molecule is COC(=O)NC(=NCC(Nc1ccccc1)c1ccc(OC)cc1)NC(=O)OC. The Morgan fingerprint density at radius 3 is 2.00 bits per heavy atom. The molecule has 1 unspecified atom stereocenters. The van der Waals surface area contributed by atoms with Gasteiger partial charge < -0.3 is 19.5 Å². The zero-order valence-corrected chi connectivity index (χ0v) is 16.5. The topological polar surface area (TPSA) is 110 Å². The summed E-state index contributed by atoms with van der Waals surface area (Å²) in [5.41, 5.74) is 1.83. The molecule has 9 nitrogen and oxygen atoms in total. The molecule has 9 heteroatoms. The molecule has 2 rings (SSSR count). The summed E-state index contributed by atoms with van der Waals surface area (Å²) in [4.78, 5) is 27.4. The normalized spacial score (nSPS) is 10.9. The minimum absolute atomic E-state index is 0.0860. The van der Waals surface area contributed by atoms with E-state index in [2.05, 4.69) is 30.4 Å². The number of nitrogens with zero attached hydrogens (tertiary/aromatic N) is 1. The first kappa shape index (κ1) is 21.5. The highest BCUT2D eigenvalue weighted by molar-refractivity contribution is 6.01. The first-order chi connectivity index (χ1) is 14.0. The predicted octanol–water partition coefficient (Wildman–Crippen LogP) is 2.92. The number of alkyl carbamates (subject to hydrolysis) is 2. The molecule has 2 amide bonds. The summed E-state index contributed by atoms with van der Waals surface area (Å²) >= 11 is 0. The minimum atomic E-state index is -0.767. The van der Waals surface area contributed by atoms with Crippen LogP contribution in [-0.4, -0.2) is 46.0 Å². The van der Waals surface area contributed by atoms with Gasteiger partial charge in [-0.25, -0.2) is 14.6 Å². The fourth-order valence-electron chi connectivity index (χ4n) is 2.39. The fourth-order valence-corrected chi connectivity index (χ4v) is 2.39. The van der Waals surface area contributed by atoms with Crippen LogP contribution in [0.25, 0.3) is 0 Å². The van der Waals surface area contributed by atoms with E-state index in [-0.39, 0.29) is 18.5 Å². The van der Waals surface area contributed by atoms with Gasteiger partial charge >= 0.3 is 12.2 Å². The Balaban J connectivity index is 2.25. The Hall–Kier alpha value is -3.75. The van der Waals surface area contributed by atoms with Crippen LogP contribution in [0.2, 0.25) is 0 Å². The maximum Gasteiger partial charge on any atom is 0.413 e. The molecule has 3 N–H and O–H groups in total. The van der Waals surface area contributed by atoms with Crippen molar-refractivity contribution in [2.24, 2.45) is 4.99 Å². The first-order valence-corrected chi connectivity index (χ1v) is 8.75. The molecule has 0 heterocycles. The smallest absolute Gasteiger partial charge is 0.413 e. The minimum Gasteiger partial charge on any atom is -0.497 e. The van der Waals surface area contributed by atoms with Crippen molar-refractivity contribution in [2.45, 2.75) is 6.04 Å². The molecule has 29 heavy (non-hydrogen) atoms. The second-order valence-electron chi connectivity index (χ2n) is 5.76. The molecule has 1 atom stereocenters. The van der Waals surface area contributed by atoms with E-state index in [9.17, 15) is 9.59 Å². The molecule has 0 saturated heterocycles. The number of anilines is 1. The van der Waals surface area contributed by atoms with Gasteiger partial charge in [-0.3, -0.25) is 10.6 Å². The quantitative estimate of drug-likeness (QED) is 0.508. The fraction of sp³-hybridized carbons (Fsp3) is 0.250. The van der Waals surface area contributed by atoms with Crippen molar-refractivity contribution in [2.75, 3.05) is 33.2 Å². The van der Waals surface area contributed by atoms with Gasteiger partial charge in [0.1, 0.15) is 5.75 Å². The molecule has 2 aromatic rings. The van der Waals surface area contributed by atoms with E-state index >= 15 is 0 Å². The molecule has 154 valence electrons. The average molecular weight is 400 g/mol. The van der Waals surface area contributed by atoms with Crippen molar-refractivity contribution >= 4 is 23.8 Å². The largest absolute Gasteiger partial charge is 0.497 e. The van der Waals surface area contributed by atoms with Crippen molar-refractivity contribution < 1.29 is 23.8 Å². The molecular weight excluding hydrogens is 376 g/mol. The van der Waals surface area contributed by atoms with E-state index in [4.69, 9.17) is 4.74 Å². The van der Waals surface area contributed by atoms with Gasteiger partial charge in [-0.15, -0.1) is 0 Å². The molecule has 0 saturated carbocycles. The molecule has 0 aliphatic rings. The Kier molecular flexibility index (Phi) is 8.30. The number of methoxy groups -OCH3 is 3. The van der Waals surface area contributed by atoms with E-state index < -0.39 is 12.2 Å². The number of hydrogen-bond acceptors (Lipinski definition) is 7. The molecule has 0 aromatic heterocycles. The molecule has 0 radical (unpaired) electrons. The summed E-state index contributed by atoms with van der Waals surface area (Å²) < 4.78 is 14.3. The van der Waals surface area contributed by atoms with Gasteiger partial charge in [0, 0.05) is 5.69 Å². The van der Waals surface area contributed by atoms with Gasteiger partial charge in [-0.1, -0.05) is 30.3 Å². The van der Waals surface area contributed by atoms with Crippen molar-refractivity contribution in [3.05, 3.63) is 60.2 Å². The van der Waals surface area contributed by atoms with Crippen LogP contribution in [0.3, 0.4) is 0 Å². The maximum atomic E-state index is 11.5. The summed E-state index contributed by atoms with van der Waals surface area (Å²) in [6.45, 7) is 0.199. The van der Waals surface area contributed by atoms with Gasteiger partial charge in [0.25, 0.3) is 0 Å². The molecule has 0 bridgehead atoms. The summed E-state index contributed by atoms with van der Waals surface area (Å²) in [5, 5.41) is 8.09. The monoisotopic (exact) mass is 400 g/mol. The number of aliphatic imine (C=N–C) groups is 1. The lowest BCUT2D eigenvalue weighted by atomic mass is 10.1. The third-order valence-corrected chi connectivity index (χ3v) is 3.88. The lowest BCUT2D eigenvalue weighted by Crippen LogP contribution is -2.44. The van der Waals surface area contributed by atoms with E-state index in [1.54, 1.807) is 7.11 Å². The van der Waals surface area contributed by atoms with Crippen LogP contribution in [0.5, 0.6) is 5.75 Å². The number of amides is 2. The Morgan fingerprint density at radius 2 is 1.48 bits per heavy atom. The number of hydrogen-bond donors (Lipinski definition) is 3. The number of nitrogens with one attached hydrogen (secondary N) is 3. The van der Waals surface area contributed by atoms with Crippen molar-refractivity contribution in [3.63, 3.8) is 0 Å². The molecule has 2 aromatic carbocycles. The number of guanidine groups is 1. The summed E-state index contributed by atoms with van der Waals surface area (Å²) in [7, 11) is 4.02. The summed E-state index contributed by atoms with van der Waals surface area (Å²) in [6, 6.07) is 16.9. The first-order valence-electron chi connectivity index (χ1n) is 8.75. The van der Waals surface area contributed by atoms with Crippen LogP contribution in [0.4, 0.5) is 15.3 Å². The highest BCUT2D eigenvalue weighted by Gasteiger charge is 2.15. The standard InChI is InChI=1S/C20H24N4O5/c1-27-16-11-9-14(10-12-16)17(22-15-7-5-4-6-8-15)13-21-18(23-19(25)28-2)24-20(26)29-3/h4-12,17,22H,13H2,1-3H3,(H2,21,23,24,25,26). The zero-order valence-electron chi connectivity index (χ0n) is 16.5. The Labute approximate surface area is 169 Å². The maximum absolute atomic E-state index is 11.5. The van der Waals surface area contributed by atoms with E-state index in [1.807, 2.05) is 54.6 Å². The number of benzene rings is 2. The van der Waals surface area contributed by atoms with E-state index in [0.29, 0.717) is 0 Å². The second-order valence-corrected chi connectivity index (χ2v) is 5.76. The third kappa shape index (κ3) is 7.06. The predicted molar refractivity (Wildman–Crippen MR) is 109 cm³/mol. The van der Waals surface area contributed by atoms with Crippen LogP contribution in [0, 0.1) is 0 Å². The molecule has 0 aliphatic heterocycles. The lowest BCUT2D eigenvalue weighted by Gasteiger charge is -2.20. The van der Waals surface area contributed by atoms with Crippen LogP contribution in [0.15, 0.2) is 59.6 Å². The van der Waals surface area contributed by atoms with Crippen LogP contribution in [0.1, 0.15) is 11.6 Å². The lowest BCUT2D eigenvalue weighted by molar-refractivity contribution is 0.173. The zero-order chi connectivity index (χ0) is 21.1. The highest BCUT2D eigenvalue weighted by atomic mass is 16.5. The molecular formula is C20H24N4O5. The number of carbonyl (C=O) groups is 2.